The lowest BCUT2D eigenvalue weighted by Gasteiger charge is -2.26. The van der Waals surface area contributed by atoms with Crippen LogP contribution >= 0.6 is 0 Å². The Morgan fingerprint density at radius 1 is 0.526 bits per heavy atom. The molecule has 1 rings (SSSR count). The van der Waals surface area contributed by atoms with E-state index in [2.05, 4.69) is 41.5 Å². The van der Waals surface area contributed by atoms with Crippen molar-refractivity contribution in [3.63, 3.8) is 0 Å². The second-order valence-electron chi connectivity index (χ2n) is 13.0. The zero-order valence-corrected chi connectivity index (χ0v) is 26.2. The van der Waals surface area contributed by atoms with Gasteiger partial charge in [0.2, 0.25) is 0 Å². The van der Waals surface area contributed by atoms with Gasteiger partial charge in [-0.25, -0.2) is 0 Å². The third-order valence-corrected chi connectivity index (χ3v) is 9.25. The maximum absolute atomic E-state index is 12.5. The number of unbranched alkanes of at least 4 members (excludes halogenated alkanes) is 2. The number of ether oxygens (including phenoxy) is 2. The molecule has 4 heteroatoms. The van der Waals surface area contributed by atoms with Crippen LogP contribution in [0.3, 0.4) is 0 Å². The molecule has 0 spiro atoms. The Kier molecular flexibility index (Phi) is 20.0. The highest BCUT2D eigenvalue weighted by Gasteiger charge is 2.31. The topological polar surface area (TPSA) is 52.6 Å². The standard InChI is InChI=1S/C34H64O4/c1-7-27(3)15-9-11-17-29(5)19-13-25-37-33(35)31-21-23-32(24-22-31)34(36)38-26-14-20-30(6)18-12-10-16-28(4)8-2/h27-32H,7-26H2,1-6H3. The largest absolute Gasteiger partial charge is 0.465 e. The van der Waals surface area contributed by atoms with Crippen LogP contribution in [-0.2, 0) is 19.1 Å². The number of carbonyl (C=O) groups excluding carboxylic acids is 2. The van der Waals surface area contributed by atoms with Crippen molar-refractivity contribution in [3.8, 4) is 0 Å². The summed E-state index contributed by atoms with van der Waals surface area (Å²) in [5.74, 6) is 2.90. The SMILES string of the molecule is CCC(C)CCCCC(C)CCCOC(=O)C1CCC(C(=O)OCCCC(C)CCCCC(C)CC)CC1. The first-order chi connectivity index (χ1) is 18.3. The average molecular weight is 537 g/mol. The van der Waals surface area contributed by atoms with E-state index < -0.39 is 0 Å². The van der Waals surface area contributed by atoms with Gasteiger partial charge in [-0.2, -0.15) is 0 Å². The molecule has 4 unspecified atom stereocenters. The van der Waals surface area contributed by atoms with Crippen LogP contribution in [0.15, 0.2) is 0 Å². The minimum atomic E-state index is -0.0591. The first-order valence-electron chi connectivity index (χ1n) is 16.6. The molecule has 0 radical (unpaired) electrons. The summed E-state index contributed by atoms with van der Waals surface area (Å²) in [4.78, 5) is 25.0. The van der Waals surface area contributed by atoms with Gasteiger partial charge in [0.05, 0.1) is 25.0 Å². The lowest BCUT2D eigenvalue weighted by Crippen LogP contribution is -2.28. The van der Waals surface area contributed by atoms with Crippen molar-refractivity contribution < 1.29 is 19.1 Å². The Morgan fingerprint density at radius 3 is 1.13 bits per heavy atom. The second kappa shape index (κ2) is 21.7. The maximum Gasteiger partial charge on any atom is 0.308 e. The second-order valence-corrected chi connectivity index (χ2v) is 13.0. The van der Waals surface area contributed by atoms with Crippen LogP contribution in [0.4, 0.5) is 0 Å². The lowest BCUT2D eigenvalue weighted by atomic mass is 9.82. The summed E-state index contributed by atoms with van der Waals surface area (Å²) in [6.07, 6.45) is 20.3. The minimum absolute atomic E-state index is 0.0433. The maximum atomic E-state index is 12.5. The van der Waals surface area contributed by atoms with E-state index in [-0.39, 0.29) is 23.8 Å². The monoisotopic (exact) mass is 536 g/mol. The fourth-order valence-corrected chi connectivity index (χ4v) is 5.68. The molecule has 0 aliphatic heterocycles. The van der Waals surface area contributed by atoms with E-state index in [1.807, 2.05) is 0 Å². The van der Waals surface area contributed by atoms with Gasteiger partial charge < -0.3 is 9.47 Å². The molecule has 1 fully saturated rings. The minimum Gasteiger partial charge on any atom is -0.465 e. The number of esters is 2. The van der Waals surface area contributed by atoms with Crippen molar-refractivity contribution in [1.29, 1.82) is 0 Å². The van der Waals surface area contributed by atoms with Gasteiger partial charge in [0.15, 0.2) is 0 Å². The van der Waals surface area contributed by atoms with Crippen LogP contribution in [-0.4, -0.2) is 25.2 Å². The van der Waals surface area contributed by atoms with Gasteiger partial charge in [-0.3, -0.25) is 9.59 Å². The van der Waals surface area contributed by atoms with Crippen LogP contribution in [0.2, 0.25) is 0 Å². The van der Waals surface area contributed by atoms with Crippen LogP contribution in [0.1, 0.15) is 157 Å². The number of hydrogen-bond donors (Lipinski definition) is 0. The van der Waals surface area contributed by atoms with E-state index >= 15 is 0 Å². The molecule has 0 heterocycles. The molecule has 4 atom stereocenters. The van der Waals surface area contributed by atoms with E-state index in [0.717, 1.165) is 63.2 Å². The number of carbonyl (C=O) groups is 2. The van der Waals surface area contributed by atoms with Gasteiger partial charge >= 0.3 is 11.9 Å². The van der Waals surface area contributed by atoms with Crippen LogP contribution < -0.4 is 0 Å². The number of rotatable bonds is 22. The molecule has 0 aromatic rings. The van der Waals surface area contributed by atoms with E-state index in [9.17, 15) is 9.59 Å². The first kappa shape index (κ1) is 35.0. The Bertz CT molecular complexity index is 543. The van der Waals surface area contributed by atoms with Gasteiger partial charge in [0.1, 0.15) is 0 Å². The van der Waals surface area contributed by atoms with Crippen molar-refractivity contribution in [2.45, 2.75) is 157 Å². The molecule has 224 valence electrons. The highest BCUT2D eigenvalue weighted by molar-refractivity contribution is 5.75. The highest BCUT2D eigenvalue weighted by Crippen LogP contribution is 2.31. The molecule has 38 heavy (non-hydrogen) atoms. The van der Waals surface area contributed by atoms with E-state index in [1.54, 1.807) is 0 Å². The number of hydrogen-bond acceptors (Lipinski definition) is 4. The van der Waals surface area contributed by atoms with Crippen LogP contribution in [0, 0.1) is 35.5 Å². The zero-order chi connectivity index (χ0) is 28.2. The first-order valence-corrected chi connectivity index (χ1v) is 16.6. The molecule has 1 saturated carbocycles. The Balaban J connectivity index is 2.05. The van der Waals surface area contributed by atoms with E-state index in [0.29, 0.717) is 25.0 Å². The summed E-state index contributed by atoms with van der Waals surface area (Å²) in [5, 5.41) is 0. The zero-order valence-electron chi connectivity index (χ0n) is 26.2. The van der Waals surface area contributed by atoms with Crippen LogP contribution in [0.5, 0.6) is 0 Å². The van der Waals surface area contributed by atoms with Gasteiger partial charge in [0.25, 0.3) is 0 Å². The molecule has 0 aromatic carbocycles. The molecule has 0 bridgehead atoms. The molecule has 1 aliphatic rings. The van der Waals surface area contributed by atoms with Crippen molar-refractivity contribution in [2.75, 3.05) is 13.2 Å². The van der Waals surface area contributed by atoms with Gasteiger partial charge in [-0.15, -0.1) is 0 Å². The Hall–Kier alpha value is -1.06. The molecule has 1 aliphatic carbocycles. The molecular formula is C34H64O4. The highest BCUT2D eigenvalue weighted by atomic mass is 16.5. The van der Waals surface area contributed by atoms with E-state index in [1.165, 1.54) is 64.2 Å². The summed E-state index contributed by atoms with van der Waals surface area (Å²) in [6.45, 7) is 14.9. The summed E-state index contributed by atoms with van der Waals surface area (Å²) in [6, 6.07) is 0. The van der Waals surface area contributed by atoms with Crippen LogP contribution in [0.25, 0.3) is 0 Å². The normalized spacial score (nSPS) is 20.9. The molecule has 0 saturated heterocycles. The van der Waals surface area contributed by atoms with Crippen molar-refractivity contribution in [1.82, 2.24) is 0 Å². The fraction of sp³-hybridized carbons (Fsp3) is 0.941. The fourth-order valence-electron chi connectivity index (χ4n) is 5.68. The summed E-state index contributed by atoms with van der Waals surface area (Å²) >= 11 is 0. The predicted octanol–water partition coefficient (Wildman–Crippen LogP) is 9.92. The summed E-state index contributed by atoms with van der Waals surface area (Å²) < 4.78 is 11.2. The quantitative estimate of drug-likeness (QED) is 0.102. The molecule has 0 amide bonds. The van der Waals surface area contributed by atoms with Crippen molar-refractivity contribution in [3.05, 3.63) is 0 Å². The lowest BCUT2D eigenvalue weighted by molar-refractivity contribution is -0.155. The van der Waals surface area contributed by atoms with Gasteiger partial charge in [-0.1, -0.05) is 106 Å². The molecule has 0 N–H and O–H groups in total. The molecule has 4 nitrogen and oxygen atoms in total. The Labute approximate surface area is 236 Å². The molecular weight excluding hydrogens is 472 g/mol. The smallest absolute Gasteiger partial charge is 0.308 e. The van der Waals surface area contributed by atoms with Gasteiger partial charge in [-0.05, 0) is 75.0 Å². The summed E-state index contributed by atoms with van der Waals surface area (Å²) in [5.41, 5.74) is 0. The summed E-state index contributed by atoms with van der Waals surface area (Å²) in [7, 11) is 0. The average Bonchev–Trinajstić information content (AvgIpc) is 2.93. The van der Waals surface area contributed by atoms with Gasteiger partial charge in [0, 0.05) is 0 Å². The van der Waals surface area contributed by atoms with E-state index in [4.69, 9.17) is 9.47 Å². The van der Waals surface area contributed by atoms with Crippen molar-refractivity contribution >= 4 is 11.9 Å². The Morgan fingerprint density at radius 2 is 0.816 bits per heavy atom. The third-order valence-electron chi connectivity index (χ3n) is 9.25. The third kappa shape index (κ3) is 16.8. The predicted molar refractivity (Wildman–Crippen MR) is 160 cm³/mol. The molecule has 0 aromatic heterocycles. The van der Waals surface area contributed by atoms with Crippen molar-refractivity contribution in [2.24, 2.45) is 35.5 Å².